The Hall–Kier alpha value is -4.11. The second kappa shape index (κ2) is 11.5. The molecule has 0 amide bonds. The first-order valence-corrected chi connectivity index (χ1v) is 16.4. The van der Waals surface area contributed by atoms with E-state index in [4.69, 9.17) is 4.74 Å². The molecular weight excluding hydrogens is 612 g/mol. The summed E-state index contributed by atoms with van der Waals surface area (Å²) in [6, 6.07) is 5.89. The number of nitrogens with one attached hydrogen (secondary N) is 1. The van der Waals surface area contributed by atoms with E-state index in [2.05, 4.69) is 29.1 Å². The van der Waals surface area contributed by atoms with Crippen molar-refractivity contribution in [3.8, 4) is 29.0 Å². The zero-order valence-corrected chi connectivity index (χ0v) is 26.9. The Morgan fingerprint density at radius 1 is 1.11 bits per heavy atom. The van der Waals surface area contributed by atoms with Gasteiger partial charge in [-0.25, -0.2) is 4.39 Å². The molecule has 5 atom stereocenters. The van der Waals surface area contributed by atoms with E-state index in [-0.39, 0.29) is 57.2 Å². The lowest BCUT2D eigenvalue weighted by atomic mass is 9.89. The second-order valence-electron chi connectivity index (χ2n) is 13.6. The number of hydrogen-bond acceptors (Lipinski definition) is 7. The van der Waals surface area contributed by atoms with Gasteiger partial charge < -0.3 is 24.6 Å². The number of benzene rings is 2. The van der Waals surface area contributed by atoms with Crippen molar-refractivity contribution in [1.82, 2.24) is 19.9 Å². The highest BCUT2D eigenvalue weighted by molar-refractivity contribution is 6.06. The van der Waals surface area contributed by atoms with Gasteiger partial charge >= 0.3 is 12.2 Å². The molecule has 47 heavy (non-hydrogen) atoms. The molecule has 2 N–H and O–H groups in total. The van der Waals surface area contributed by atoms with Crippen LogP contribution in [0.25, 0.3) is 32.9 Å². The lowest BCUT2D eigenvalue weighted by molar-refractivity contribution is -0.137. The van der Waals surface area contributed by atoms with Gasteiger partial charge in [0.2, 0.25) is 0 Å². The van der Waals surface area contributed by atoms with E-state index >= 15 is 17.6 Å². The van der Waals surface area contributed by atoms with Crippen LogP contribution in [-0.4, -0.2) is 51.4 Å². The summed E-state index contributed by atoms with van der Waals surface area (Å²) in [6.07, 6.45) is 0.100. The van der Waals surface area contributed by atoms with Gasteiger partial charge in [-0.3, -0.25) is 0 Å². The number of aromatic hydroxyl groups is 1. The predicted molar refractivity (Wildman–Crippen MR) is 171 cm³/mol. The number of rotatable bonds is 6. The quantitative estimate of drug-likeness (QED) is 0.213. The maximum absolute atomic E-state index is 17.2. The number of phenols is 1. The predicted octanol–water partition coefficient (Wildman–Crippen LogP) is 7.22. The van der Waals surface area contributed by atoms with E-state index < -0.39 is 28.9 Å². The fourth-order valence-corrected chi connectivity index (χ4v) is 8.34. The summed E-state index contributed by atoms with van der Waals surface area (Å²) in [4.78, 5) is 11.1. The first-order chi connectivity index (χ1) is 22.4. The Kier molecular flexibility index (Phi) is 7.73. The van der Waals surface area contributed by atoms with Gasteiger partial charge in [-0.2, -0.15) is 28.4 Å². The Balaban J connectivity index is 1.48. The third-order valence-corrected chi connectivity index (χ3v) is 11.0. The van der Waals surface area contributed by atoms with Crippen molar-refractivity contribution in [3.63, 3.8) is 0 Å². The average Bonchev–Trinajstić information content (AvgIpc) is 3.66. The van der Waals surface area contributed by atoms with Crippen molar-refractivity contribution in [3.05, 3.63) is 40.8 Å². The van der Waals surface area contributed by atoms with Crippen molar-refractivity contribution in [2.45, 2.75) is 71.1 Å². The molecule has 8 nitrogen and oxygen atoms in total. The summed E-state index contributed by atoms with van der Waals surface area (Å²) in [5.41, 5.74) is -1.85. The molecule has 4 aromatic rings. The number of halogens is 4. The zero-order valence-electron chi connectivity index (χ0n) is 26.9. The Labute approximate surface area is 270 Å². The Morgan fingerprint density at radius 3 is 2.49 bits per heavy atom. The molecule has 3 fully saturated rings. The summed E-state index contributed by atoms with van der Waals surface area (Å²) >= 11 is 0. The summed E-state index contributed by atoms with van der Waals surface area (Å²) in [6.45, 7) is 7.27. The van der Waals surface area contributed by atoms with Gasteiger partial charge in [0.1, 0.15) is 28.7 Å². The second-order valence-corrected chi connectivity index (χ2v) is 13.6. The van der Waals surface area contributed by atoms with E-state index in [1.54, 1.807) is 18.5 Å². The molecule has 248 valence electrons. The van der Waals surface area contributed by atoms with Gasteiger partial charge in [-0.15, -0.1) is 0 Å². The van der Waals surface area contributed by atoms with Gasteiger partial charge in [-0.05, 0) is 62.1 Å². The number of ether oxygens (including phenoxy) is 1. The van der Waals surface area contributed by atoms with Crippen LogP contribution in [0.3, 0.4) is 0 Å². The highest BCUT2D eigenvalue weighted by Crippen LogP contribution is 2.48. The molecule has 4 heterocycles. The van der Waals surface area contributed by atoms with Crippen molar-refractivity contribution in [2.75, 3.05) is 24.6 Å². The van der Waals surface area contributed by atoms with Crippen molar-refractivity contribution >= 4 is 27.6 Å². The number of nitrogens with zero attached hydrogens (tertiary/aromatic N) is 5. The maximum Gasteiger partial charge on any atom is 0.417 e. The normalized spacial score (nSPS) is 24.4. The number of nitriles is 1. The number of fused-ring (bicyclic) bond motifs is 4. The van der Waals surface area contributed by atoms with Gasteiger partial charge in [0, 0.05) is 59.8 Å². The van der Waals surface area contributed by atoms with Gasteiger partial charge in [0.15, 0.2) is 5.82 Å². The number of hydrogen-bond donors (Lipinski definition) is 2. The lowest BCUT2D eigenvalue weighted by Gasteiger charge is -2.34. The van der Waals surface area contributed by atoms with Gasteiger partial charge in [0.05, 0.1) is 17.7 Å². The molecule has 3 unspecified atom stereocenters. The molecule has 1 aliphatic carbocycles. The molecular formula is C35H38F4N6O2. The van der Waals surface area contributed by atoms with Crippen molar-refractivity contribution < 1.29 is 27.4 Å². The van der Waals surface area contributed by atoms with Crippen LogP contribution in [0.1, 0.15) is 62.8 Å². The van der Waals surface area contributed by atoms with Crippen LogP contribution in [0.5, 0.6) is 11.8 Å². The molecule has 2 aromatic heterocycles. The molecule has 2 aromatic carbocycles. The molecule has 1 saturated carbocycles. The maximum atomic E-state index is 17.2. The first-order valence-electron chi connectivity index (χ1n) is 16.4. The summed E-state index contributed by atoms with van der Waals surface area (Å²) in [5, 5.41) is 24.0. The third kappa shape index (κ3) is 5.14. The number of aromatic nitrogens is 3. The molecule has 7 rings (SSSR count). The van der Waals surface area contributed by atoms with Crippen LogP contribution >= 0.6 is 0 Å². The highest BCUT2D eigenvalue weighted by atomic mass is 19.4. The average molecular weight is 651 g/mol. The van der Waals surface area contributed by atoms with E-state index in [0.717, 1.165) is 38.2 Å². The highest BCUT2D eigenvalue weighted by Gasteiger charge is 2.41. The SMILES string of the molecule is CCC1CC[C@@H](C)[C@H]1COc1nc(N2CC3CCC(C2)N3)c2cc(C(F)(F)F)c(-c3c(C)n(C)c4ccc(O)c(C#N)c34)c(F)c2n1. The first kappa shape index (κ1) is 31.5. The van der Waals surface area contributed by atoms with Gasteiger partial charge in [0.25, 0.3) is 0 Å². The van der Waals surface area contributed by atoms with Gasteiger partial charge in [-0.1, -0.05) is 26.7 Å². The minimum atomic E-state index is -4.97. The number of phenolic OH excluding ortho intramolecular Hbond substituents is 1. The summed E-state index contributed by atoms with van der Waals surface area (Å²) in [5.74, 6) is -0.184. The Bertz CT molecular complexity index is 1920. The topological polar surface area (TPSA) is 99.2 Å². The van der Waals surface area contributed by atoms with E-state index in [1.807, 2.05) is 11.0 Å². The monoisotopic (exact) mass is 650 g/mol. The fourth-order valence-electron chi connectivity index (χ4n) is 8.34. The number of alkyl halides is 3. The standard InChI is InChI=1S/C35H38F4N6O2/c1-5-19-7-6-17(2)24(19)16-47-34-42-32-22(33(43-34)45-14-20-8-9-21(15-45)41-20)12-25(35(37,38)39)30(31(32)36)28-18(3)44(4)26-10-11-27(46)23(13-40)29(26)28/h10-12,17,19-21,24,41,46H,5-9,14-16H2,1-4H3/t17-,19?,20?,21?,24-/m1/s1. The third-order valence-electron chi connectivity index (χ3n) is 11.0. The largest absolute Gasteiger partial charge is 0.507 e. The number of anilines is 1. The Morgan fingerprint density at radius 2 is 1.83 bits per heavy atom. The summed E-state index contributed by atoms with van der Waals surface area (Å²) in [7, 11) is 1.63. The number of piperazine rings is 1. The van der Waals surface area contributed by atoms with Crippen LogP contribution in [0.4, 0.5) is 23.4 Å². The number of aryl methyl sites for hydroxylation is 1. The molecule has 12 heteroatoms. The molecule has 2 saturated heterocycles. The molecule has 0 spiro atoms. The van der Waals surface area contributed by atoms with Crippen LogP contribution in [0, 0.1) is 41.8 Å². The molecule has 0 radical (unpaired) electrons. The van der Waals surface area contributed by atoms with E-state index in [0.29, 0.717) is 42.7 Å². The minimum absolute atomic E-state index is 0.0431. The van der Waals surface area contributed by atoms with Crippen LogP contribution < -0.4 is 15.0 Å². The van der Waals surface area contributed by atoms with Crippen LogP contribution in [-0.2, 0) is 13.2 Å². The van der Waals surface area contributed by atoms with Crippen molar-refractivity contribution in [2.24, 2.45) is 24.8 Å². The summed E-state index contributed by atoms with van der Waals surface area (Å²) < 4.78 is 70.2. The van der Waals surface area contributed by atoms with E-state index in [1.165, 1.54) is 12.1 Å². The smallest absolute Gasteiger partial charge is 0.417 e. The van der Waals surface area contributed by atoms with Crippen LogP contribution in [0.15, 0.2) is 18.2 Å². The van der Waals surface area contributed by atoms with Crippen LogP contribution in [0.2, 0.25) is 0 Å². The van der Waals surface area contributed by atoms with E-state index in [9.17, 15) is 10.4 Å². The van der Waals surface area contributed by atoms with Crippen molar-refractivity contribution in [1.29, 1.82) is 5.26 Å². The molecule has 2 aliphatic heterocycles. The minimum Gasteiger partial charge on any atom is -0.507 e. The zero-order chi connectivity index (χ0) is 33.4. The molecule has 2 bridgehead atoms. The fraction of sp³-hybridized carbons (Fsp3) is 0.514. The molecule has 3 aliphatic rings. The lowest BCUT2D eigenvalue weighted by Crippen LogP contribution is -2.51.